The lowest BCUT2D eigenvalue weighted by Gasteiger charge is -2.05. The molecular weight excluding hydrogens is 458 g/mol. The number of halogens is 1. The molecule has 0 saturated carbocycles. The highest BCUT2D eigenvalue weighted by Crippen LogP contribution is 2.23. The molecule has 2 heterocycles. The average Bonchev–Trinajstić information content (AvgIpc) is 3.30. The fourth-order valence-electron chi connectivity index (χ4n) is 3.21. The lowest BCUT2D eigenvalue weighted by molar-refractivity contribution is 0.0945. The minimum atomic E-state index is -0.260. The molecule has 158 valence electrons. The van der Waals surface area contributed by atoms with Gasteiger partial charge in [-0.15, -0.1) is 5.10 Å². The number of carbonyl (C=O) groups excluding carboxylic acids is 1. The second kappa shape index (κ2) is 8.85. The van der Waals surface area contributed by atoms with E-state index in [0.29, 0.717) is 36.1 Å². The normalized spacial score (nSPS) is 11.0. The lowest BCUT2D eigenvalue weighted by Crippen LogP contribution is -2.24. The van der Waals surface area contributed by atoms with Crippen LogP contribution >= 0.6 is 15.9 Å². The van der Waals surface area contributed by atoms with Crippen LogP contribution in [-0.4, -0.2) is 25.9 Å². The fourth-order valence-corrected chi connectivity index (χ4v) is 3.47. The van der Waals surface area contributed by atoms with E-state index in [0.717, 1.165) is 26.9 Å². The van der Waals surface area contributed by atoms with Gasteiger partial charge in [0, 0.05) is 16.6 Å². The molecule has 1 amide bonds. The van der Waals surface area contributed by atoms with Crippen molar-refractivity contribution >= 4 is 21.8 Å². The van der Waals surface area contributed by atoms with Crippen molar-refractivity contribution < 1.29 is 9.21 Å². The zero-order chi connectivity index (χ0) is 22.0. The van der Waals surface area contributed by atoms with Crippen molar-refractivity contribution in [2.24, 2.45) is 0 Å². The van der Waals surface area contributed by atoms with Crippen LogP contribution in [0.4, 0.5) is 0 Å². The summed E-state index contributed by atoms with van der Waals surface area (Å²) in [5.41, 5.74) is 4.80. The maximum absolute atomic E-state index is 12.6. The van der Waals surface area contributed by atoms with Crippen molar-refractivity contribution in [2.45, 2.75) is 33.9 Å². The van der Waals surface area contributed by atoms with Gasteiger partial charge in [0.25, 0.3) is 5.91 Å². The van der Waals surface area contributed by atoms with Gasteiger partial charge in [-0.2, -0.15) is 0 Å². The predicted molar refractivity (Wildman–Crippen MR) is 121 cm³/mol. The monoisotopic (exact) mass is 479 g/mol. The molecule has 0 aliphatic rings. The standard InChI is InChI=1S/C23H22BrN5O2/c1-14-5-4-6-18(11-14)23-26-20(16(3)31-23)13-29-15(2)21(27-28-29)22(30)25-12-17-7-9-19(24)10-8-17/h4-11H,12-13H2,1-3H3,(H,25,30). The Morgan fingerprint density at radius 3 is 2.65 bits per heavy atom. The molecule has 2 aromatic heterocycles. The van der Waals surface area contributed by atoms with E-state index < -0.39 is 0 Å². The van der Waals surface area contributed by atoms with Crippen LogP contribution in [0.5, 0.6) is 0 Å². The van der Waals surface area contributed by atoms with Gasteiger partial charge in [0.2, 0.25) is 5.89 Å². The summed E-state index contributed by atoms with van der Waals surface area (Å²) in [6, 6.07) is 15.8. The van der Waals surface area contributed by atoms with Crippen LogP contribution in [0.15, 0.2) is 57.4 Å². The molecule has 31 heavy (non-hydrogen) atoms. The smallest absolute Gasteiger partial charge is 0.274 e. The Kier molecular flexibility index (Phi) is 5.99. The first-order valence-corrected chi connectivity index (χ1v) is 10.7. The molecule has 4 rings (SSSR count). The zero-order valence-corrected chi connectivity index (χ0v) is 19.1. The van der Waals surface area contributed by atoms with Crippen molar-refractivity contribution in [3.63, 3.8) is 0 Å². The molecule has 4 aromatic rings. The first-order valence-electron chi connectivity index (χ1n) is 9.87. The largest absolute Gasteiger partial charge is 0.441 e. The quantitative estimate of drug-likeness (QED) is 0.436. The van der Waals surface area contributed by atoms with Crippen LogP contribution in [0.2, 0.25) is 0 Å². The van der Waals surface area contributed by atoms with Gasteiger partial charge in [-0.1, -0.05) is 51.0 Å². The van der Waals surface area contributed by atoms with E-state index in [2.05, 4.69) is 36.5 Å². The van der Waals surface area contributed by atoms with E-state index in [4.69, 9.17) is 4.42 Å². The van der Waals surface area contributed by atoms with Crippen molar-refractivity contribution in [1.82, 2.24) is 25.3 Å². The summed E-state index contributed by atoms with van der Waals surface area (Å²) in [7, 11) is 0. The summed E-state index contributed by atoms with van der Waals surface area (Å²) in [5, 5.41) is 11.1. The van der Waals surface area contributed by atoms with Gasteiger partial charge in [0.05, 0.1) is 12.2 Å². The molecular formula is C23H22BrN5O2. The summed E-state index contributed by atoms with van der Waals surface area (Å²) in [6.45, 7) is 6.52. The molecule has 8 heteroatoms. The number of carbonyl (C=O) groups is 1. The highest BCUT2D eigenvalue weighted by Gasteiger charge is 2.19. The van der Waals surface area contributed by atoms with Gasteiger partial charge in [-0.05, 0) is 50.6 Å². The molecule has 0 fully saturated rings. The molecule has 2 aromatic carbocycles. The molecule has 7 nitrogen and oxygen atoms in total. The van der Waals surface area contributed by atoms with Crippen molar-refractivity contribution in [1.29, 1.82) is 0 Å². The van der Waals surface area contributed by atoms with Crippen LogP contribution in [0, 0.1) is 20.8 Å². The van der Waals surface area contributed by atoms with Crippen molar-refractivity contribution in [3.05, 3.63) is 87.0 Å². The Morgan fingerprint density at radius 1 is 1.13 bits per heavy atom. The minimum absolute atomic E-state index is 0.260. The highest BCUT2D eigenvalue weighted by molar-refractivity contribution is 9.10. The summed E-state index contributed by atoms with van der Waals surface area (Å²) < 4.78 is 8.52. The molecule has 0 bridgehead atoms. The van der Waals surface area contributed by atoms with E-state index in [1.54, 1.807) is 4.68 Å². The topological polar surface area (TPSA) is 85.8 Å². The van der Waals surface area contributed by atoms with Gasteiger partial charge in [0.15, 0.2) is 5.69 Å². The Balaban J connectivity index is 1.47. The molecule has 0 atom stereocenters. The third kappa shape index (κ3) is 4.74. The van der Waals surface area contributed by atoms with Crippen LogP contribution in [-0.2, 0) is 13.1 Å². The molecule has 0 saturated heterocycles. The third-order valence-corrected chi connectivity index (χ3v) is 5.55. The van der Waals surface area contributed by atoms with Crippen LogP contribution in [0.25, 0.3) is 11.5 Å². The van der Waals surface area contributed by atoms with Crippen molar-refractivity contribution in [3.8, 4) is 11.5 Å². The number of aryl methyl sites for hydroxylation is 2. The van der Waals surface area contributed by atoms with Crippen LogP contribution in [0.3, 0.4) is 0 Å². The van der Waals surface area contributed by atoms with Crippen LogP contribution < -0.4 is 5.32 Å². The number of oxazole rings is 1. The maximum atomic E-state index is 12.6. The molecule has 0 aliphatic carbocycles. The fraction of sp³-hybridized carbons (Fsp3) is 0.217. The molecule has 0 radical (unpaired) electrons. The first kappa shape index (κ1) is 21.0. The summed E-state index contributed by atoms with van der Waals surface area (Å²) in [4.78, 5) is 17.2. The van der Waals surface area contributed by atoms with Gasteiger partial charge in [-0.3, -0.25) is 4.79 Å². The maximum Gasteiger partial charge on any atom is 0.274 e. The zero-order valence-electron chi connectivity index (χ0n) is 17.5. The number of hydrogen-bond donors (Lipinski definition) is 1. The van der Waals surface area contributed by atoms with Crippen LogP contribution in [0.1, 0.15) is 38.8 Å². The number of nitrogens with zero attached hydrogens (tertiary/aromatic N) is 4. The van der Waals surface area contributed by atoms with E-state index >= 15 is 0 Å². The summed E-state index contributed by atoms with van der Waals surface area (Å²) >= 11 is 3.40. The van der Waals surface area contributed by atoms with Gasteiger partial charge in [0.1, 0.15) is 11.5 Å². The minimum Gasteiger partial charge on any atom is -0.441 e. The second-order valence-corrected chi connectivity index (χ2v) is 8.30. The SMILES string of the molecule is Cc1cccc(-c2nc(Cn3nnc(C(=O)NCc4ccc(Br)cc4)c3C)c(C)o2)c1. The number of hydrogen-bond acceptors (Lipinski definition) is 5. The second-order valence-electron chi connectivity index (χ2n) is 7.38. The van der Waals surface area contributed by atoms with E-state index in [1.165, 1.54) is 0 Å². The number of aromatic nitrogens is 4. The number of rotatable bonds is 6. The Labute approximate surface area is 188 Å². The average molecular weight is 480 g/mol. The van der Waals surface area contributed by atoms with E-state index in [9.17, 15) is 4.79 Å². The predicted octanol–water partition coefficient (Wildman–Crippen LogP) is 4.60. The van der Waals surface area contributed by atoms with Gasteiger partial charge >= 0.3 is 0 Å². The first-order chi connectivity index (χ1) is 14.9. The number of amides is 1. The summed E-state index contributed by atoms with van der Waals surface area (Å²) in [6.07, 6.45) is 0. The van der Waals surface area contributed by atoms with Gasteiger partial charge < -0.3 is 9.73 Å². The highest BCUT2D eigenvalue weighted by atomic mass is 79.9. The van der Waals surface area contributed by atoms with Gasteiger partial charge in [-0.25, -0.2) is 9.67 Å². The molecule has 1 N–H and O–H groups in total. The van der Waals surface area contributed by atoms with Crippen molar-refractivity contribution in [2.75, 3.05) is 0 Å². The Morgan fingerprint density at radius 2 is 1.90 bits per heavy atom. The van der Waals surface area contributed by atoms with E-state index in [1.807, 2.05) is 69.3 Å². The van der Waals surface area contributed by atoms with E-state index in [-0.39, 0.29) is 5.91 Å². The molecule has 0 aliphatic heterocycles. The number of nitrogens with one attached hydrogen (secondary N) is 1. The Bertz CT molecular complexity index is 1230. The molecule has 0 spiro atoms. The lowest BCUT2D eigenvalue weighted by atomic mass is 10.1. The Hall–Kier alpha value is -3.26. The third-order valence-electron chi connectivity index (χ3n) is 5.02. The summed E-state index contributed by atoms with van der Waals surface area (Å²) in [5.74, 6) is 1.03. The number of benzene rings is 2. The molecule has 0 unspecified atom stereocenters.